The van der Waals surface area contributed by atoms with Crippen molar-refractivity contribution in [3.8, 4) is 5.75 Å². The Balaban J connectivity index is 1.89. The summed E-state index contributed by atoms with van der Waals surface area (Å²) in [5.41, 5.74) is 2.62. The SMILES string of the molecule is COc1ccc(Cl)cc1NC(=O)CN(C)C(=O)COC(=O)c1cc(C)cc(C)c1. The molecule has 0 aromatic heterocycles. The summed E-state index contributed by atoms with van der Waals surface area (Å²) in [6.45, 7) is 3.05. The summed E-state index contributed by atoms with van der Waals surface area (Å²) in [6.07, 6.45) is 0. The number of amides is 2. The second kappa shape index (κ2) is 9.93. The van der Waals surface area contributed by atoms with Crippen molar-refractivity contribution in [1.82, 2.24) is 4.90 Å². The maximum absolute atomic E-state index is 12.2. The van der Waals surface area contributed by atoms with Crippen LogP contribution in [0.25, 0.3) is 0 Å². The van der Waals surface area contributed by atoms with E-state index in [1.807, 2.05) is 19.9 Å². The van der Waals surface area contributed by atoms with Gasteiger partial charge in [0.15, 0.2) is 6.61 Å². The Morgan fingerprint density at radius 2 is 1.72 bits per heavy atom. The van der Waals surface area contributed by atoms with Crippen LogP contribution in [-0.4, -0.2) is 50.0 Å². The van der Waals surface area contributed by atoms with E-state index in [9.17, 15) is 14.4 Å². The summed E-state index contributed by atoms with van der Waals surface area (Å²) >= 11 is 5.93. The average molecular weight is 419 g/mol. The standard InChI is InChI=1S/C21H23ClN2O5/c1-13-7-14(2)9-15(8-13)21(27)29-12-20(26)24(3)11-19(25)23-17-10-16(22)5-6-18(17)28-4/h5-10H,11-12H2,1-4H3,(H,23,25). The fourth-order valence-electron chi connectivity index (χ4n) is 2.68. The third-order valence-electron chi connectivity index (χ3n) is 4.03. The molecule has 0 radical (unpaired) electrons. The van der Waals surface area contributed by atoms with Crippen LogP contribution in [-0.2, 0) is 14.3 Å². The normalized spacial score (nSPS) is 10.2. The maximum atomic E-state index is 12.2. The number of halogens is 1. The molecule has 8 heteroatoms. The van der Waals surface area contributed by atoms with Gasteiger partial charge in [0.2, 0.25) is 5.91 Å². The highest BCUT2D eigenvalue weighted by molar-refractivity contribution is 6.31. The summed E-state index contributed by atoms with van der Waals surface area (Å²) in [5.74, 6) is -1.09. The molecule has 0 heterocycles. The van der Waals surface area contributed by atoms with Crippen molar-refractivity contribution in [2.75, 3.05) is 32.6 Å². The molecule has 29 heavy (non-hydrogen) atoms. The van der Waals surface area contributed by atoms with Crippen LogP contribution in [0, 0.1) is 13.8 Å². The molecule has 0 aliphatic rings. The minimum absolute atomic E-state index is 0.227. The van der Waals surface area contributed by atoms with Gasteiger partial charge in [-0.15, -0.1) is 0 Å². The molecule has 2 amide bonds. The van der Waals surface area contributed by atoms with E-state index < -0.39 is 24.4 Å². The van der Waals surface area contributed by atoms with Gasteiger partial charge in [-0.1, -0.05) is 28.8 Å². The number of hydrogen-bond acceptors (Lipinski definition) is 5. The fourth-order valence-corrected chi connectivity index (χ4v) is 2.86. The lowest BCUT2D eigenvalue weighted by atomic mass is 10.1. The van der Waals surface area contributed by atoms with Crippen LogP contribution < -0.4 is 10.1 Å². The van der Waals surface area contributed by atoms with Gasteiger partial charge in [0.25, 0.3) is 5.91 Å². The van der Waals surface area contributed by atoms with Crippen molar-refractivity contribution in [2.24, 2.45) is 0 Å². The van der Waals surface area contributed by atoms with Gasteiger partial charge in [-0.25, -0.2) is 4.79 Å². The van der Waals surface area contributed by atoms with Crippen molar-refractivity contribution in [2.45, 2.75) is 13.8 Å². The number of carbonyl (C=O) groups is 3. The van der Waals surface area contributed by atoms with Crippen LogP contribution in [0.5, 0.6) is 5.75 Å². The first kappa shape index (κ1) is 22.2. The van der Waals surface area contributed by atoms with Gasteiger partial charge in [-0.2, -0.15) is 0 Å². The number of anilines is 1. The molecule has 0 aliphatic heterocycles. The largest absolute Gasteiger partial charge is 0.495 e. The predicted octanol–water partition coefficient (Wildman–Crippen LogP) is 3.22. The number of likely N-dealkylation sites (N-methyl/N-ethyl adjacent to an activating group) is 1. The van der Waals surface area contributed by atoms with E-state index in [0.717, 1.165) is 11.1 Å². The number of hydrogen-bond donors (Lipinski definition) is 1. The molecular weight excluding hydrogens is 396 g/mol. The summed E-state index contributed by atoms with van der Waals surface area (Å²) in [5, 5.41) is 3.08. The fraction of sp³-hybridized carbons (Fsp3) is 0.286. The van der Waals surface area contributed by atoms with Crippen molar-refractivity contribution < 1.29 is 23.9 Å². The van der Waals surface area contributed by atoms with E-state index in [1.54, 1.807) is 30.3 Å². The first-order valence-corrected chi connectivity index (χ1v) is 9.20. The number of methoxy groups -OCH3 is 1. The number of carbonyl (C=O) groups excluding carboxylic acids is 3. The Kier molecular flexibility index (Phi) is 7.61. The number of esters is 1. The number of nitrogens with zero attached hydrogens (tertiary/aromatic N) is 1. The Morgan fingerprint density at radius 1 is 1.07 bits per heavy atom. The average Bonchev–Trinajstić information content (AvgIpc) is 2.65. The minimum atomic E-state index is -0.591. The third kappa shape index (κ3) is 6.50. The Morgan fingerprint density at radius 3 is 2.34 bits per heavy atom. The molecule has 0 saturated heterocycles. The van der Waals surface area contributed by atoms with E-state index in [0.29, 0.717) is 22.0 Å². The molecule has 2 aromatic rings. The Hall–Kier alpha value is -3.06. The van der Waals surface area contributed by atoms with E-state index in [4.69, 9.17) is 21.1 Å². The van der Waals surface area contributed by atoms with Gasteiger partial charge in [-0.3, -0.25) is 9.59 Å². The summed E-state index contributed by atoms with van der Waals surface area (Å²) in [6, 6.07) is 10.1. The van der Waals surface area contributed by atoms with Gasteiger partial charge >= 0.3 is 5.97 Å². The van der Waals surface area contributed by atoms with E-state index in [2.05, 4.69) is 5.32 Å². The molecule has 1 N–H and O–H groups in total. The zero-order valence-electron chi connectivity index (χ0n) is 16.7. The lowest BCUT2D eigenvalue weighted by Crippen LogP contribution is -2.37. The maximum Gasteiger partial charge on any atom is 0.338 e. The number of nitrogens with one attached hydrogen (secondary N) is 1. The summed E-state index contributed by atoms with van der Waals surface area (Å²) < 4.78 is 10.2. The molecular formula is C21H23ClN2O5. The molecule has 2 rings (SSSR count). The summed E-state index contributed by atoms with van der Waals surface area (Å²) in [4.78, 5) is 37.7. The van der Waals surface area contributed by atoms with Crippen molar-refractivity contribution in [1.29, 1.82) is 0 Å². The highest BCUT2D eigenvalue weighted by Crippen LogP contribution is 2.27. The molecule has 2 aromatic carbocycles. The van der Waals surface area contributed by atoms with E-state index in [-0.39, 0.29) is 6.54 Å². The lowest BCUT2D eigenvalue weighted by molar-refractivity contribution is -0.136. The zero-order valence-corrected chi connectivity index (χ0v) is 17.5. The highest BCUT2D eigenvalue weighted by Gasteiger charge is 2.17. The molecule has 7 nitrogen and oxygen atoms in total. The van der Waals surface area contributed by atoms with Crippen molar-refractivity contribution >= 4 is 35.1 Å². The van der Waals surface area contributed by atoms with Crippen LogP contribution in [0.2, 0.25) is 5.02 Å². The van der Waals surface area contributed by atoms with Gasteiger partial charge in [0.05, 0.1) is 24.9 Å². The van der Waals surface area contributed by atoms with Crippen LogP contribution in [0.1, 0.15) is 21.5 Å². The minimum Gasteiger partial charge on any atom is -0.495 e. The molecule has 0 saturated carbocycles. The molecule has 154 valence electrons. The first-order valence-electron chi connectivity index (χ1n) is 8.82. The number of aryl methyl sites for hydroxylation is 2. The second-order valence-electron chi connectivity index (χ2n) is 6.60. The molecule has 0 atom stereocenters. The molecule has 0 bridgehead atoms. The van der Waals surface area contributed by atoms with Crippen molar-refractivity contribution in [3.05, 3.63) is 58.1 Å². The van der Waals surface area contributed by atoms with Crippen LogP contribution >= 0.6 is 11.6 Å². The topological polar surface area (TPSA) is 84.9 Å². The molecule has 0 unspecified atom stereocenters. The highest BCUT2D eigenvalue weighted by atomic mass is 35.5. The monoisotopic (exact) mass is 418 g/mol. The third-order valence-corrected chi connectivity index (χ3v) is 4.26. The number of rotatable bonds is 7. The van der Waals surface area contributed by atoms with Gasteiger partial charge < -0.3 is 19.7 Å². The van der Waals surface area contributed by atoms with Crippen LogP contribution in [0.15, 0.2) is 36.4 Å². The van der Waals surface area contributed by atoms with Crippen LogP contribution in [0.3, 0.4) is 0 Å². The Bertz CT molecular complexity index is 909. The molecule has 0 aliphatic carbocycles. The first-order chi connectivity index (χ1) is 13.7. The van der Waals surface area contributed by atoms with E-state index in [1.165, 1.54) is 19.1 Å². The predicted molar refractivity (Wildman–Crippen MR) is 110 cm³/mol. The lowest BCUT2D eigenvalue weighted by Gasteiger charge is -2.17. The smallest absolute Gasteiger partial charge is 0.338 e. The second-order valence-corrected chi connectivity index (χ2v) is 7.03. The van der Waals surface area contributed by atoms with Crippen LogP contribution in [0.4, 0.5) is 5.69 Å². The number of benzene rings is 2. The molecule has 0 fully saturated rings. The van der Waals surface area contributed by atoms with Crippen molar-refractivity contribution in [3.63, 3.8) is 0 Å². The van der Waals surface area contributed by atoms with Gasteiger partial charge in [0.1, 0.15) is 5.75 Å². The Labute approximate surface area is 174 Å². The van der Waals surface area contributed by atoms with Gasteiger partial charge in [-0.05, 0) is 44.2 Å². The van der Waals surface area contributed by atoms with Gasteiger partial charge in [0, 0.05) is 12.1 Å². The molecule has 0 spiro atoms. The zero-order chi connectivity index (χ0) is 21.6. The quantitative estimate of drug-likeness (QED) is 0.698. The summed E-state index contributed by atoms with van der Waals surface area (Å²) in [7, 11) is 2.92. The number of ether oxygens (including phenoxy) is 2. The van der Waals surface area contributed by atoms with E-state index >= 15 is 0 Å².